The number of hydrogen-bond donors (Lipinski definition) is 1. The van der Waals surface area contributed by atoms with E-state index in [1.54, 1.807) is 12.1 Å². The molecule has 4 heteroatoms. The predicted molar refractivity (Wildman–Crippen MR) is 42.4 cm³/mol. The summed E-state index contributed by atoms with van der Waals surface area (Å²) in [6, 6.07) is 1.73. The molecule has 1 aliphatic carbocycles. The summed E-state index contributed by atoms with van der Waals surface area (Å²) in [7, 11) is -3.16. The minimum atomic E-state index is -3.16. The van der Waals surface area contributed by atoms with Crippen LogP contribution in [0.3, 0.4) is 0 Å². The molecule has 0 amide bonds. The van der Waals surface area contributed by atoms with Gasteiger partial charge in [-0.15, -0.1) is 6.58 Å². The van der Waals surface area contributed by atoms with Gasteiger partial charge in [-0.2, -0.15) is 5.26 Å². The fraction of sp³-hybridized carbons (Fsp3) is 0.571. The van der Waals surface area contributed by atoms with E-state index in [1.807, 2.05) is 0 Å². The van der Waals surface area contributed by atoms with Gasteiger partial charge in [0.2, 0.25) is 7.37 Å². The van der Waals surface area contributed by atoms with Gasteiger partial charge in [0.25, 0.3) is 0 Å². The molecular weight excluding hydrogens is 161 g/mol. The first kappa shape index (κ1) is 8.52. The van der Waals surface area contributed by atoms with Crippen molar-refractivity contribution in [3.05, 3.63) is 12.7 Å². The molecule has 1 fully saturated rings. The lowest BCUT2D eigenvalue weighted by Crippen LogP contribution is -1.93. The highest BCUT2D eigenvalue weighted by molar-refractivity contribution is 7.59. The molecule has 11 heavy (non-hydrogen) atoms. The van der Waals surface area contributed by atoms with Crippen LogP contribution in [0.4, 0.5) is 0 Å². The number of hydrogen-bond acceptors (Lipinski definition) is 2. The Labute approximate surface area is 65.8 Å². The lowest BCUT2D eigenvalue weighted by molar-refractivity contribution is 0.479. The van der Waals surface area contributed by atoms with Crippen molar-refractivity contribution >= 4 is 7.37 Å². The van der Waals surface area contributed by atoms with Gasteiger partial charge in [-0.3, -0.25) is 4.57 Å². The van der Waals surface area contributed by atoms with E-state index in [2.05, 4.69) is 6.58 Å². The highest BCUT2D eigenvalue weighted by atomic mass is 31.2. The van der Waals surface area contributed by atoms with Crippen molar-refractivity contribution < 1.29 is 9.46 Å². The van der Waals surface area contributed by atoms with E-state index in [1.165, 1.54) is 0 Å². The Morgan fingerprint density at radius 3 is 2.91 bits per heavy atom. The van der Waals surface area contributed by atoms with Gasteiger partial charge < -0.3 is 4.89 Å². The van der Waals surface area contributed by atoms with Crippen LogP contribution in [0.5, 0.6) is 0 Å². The normalized spacial score (nSPS) is 33.5. The summed E-state index contributed by atoms with van der Waals surface area (Å²) in [6.45, 7) is 3.53. The Hall–Kier alpha value is -0.580. The molecule has 0 saturated heterocycles. The van der Waals surface area contributed by atoms with Crippen molar-refractivity contribution in [2.45, 2.75) is 12.1 Å². The van der Waals surface area contributed by atoms with Crippen LogP contribution in [0.15, 0.2) is 12.7 Å². The Morgan fingerprint density at radius 2 is 2.55 bits per heavy atom. The Bertz CT molecular complexity index is 256. The molecule has 60 valence electrons. The monoisotopic (exact) mass is 171 g/mol. The summed E-state index contributed by atoms with van der Waals surface area (Å²) in [4.78, 5) is 9.24. The molecule has 0 bridgehead atoms. The molecule has 3 atom stereocenters. The molecule has 0 spiro atoms. The first-order valence-corrected chi connectivity index (χ1v) is 5.34. The van der Waals surface area contributed by atoms with Crippen LogP contribution in [0.25, 0.3) is 0 Å². The molecule has 0 aromatic rings. The van der Waals surface area contributed by atoms with Crippen molar-refractivity contribution in [1.29, 1.82) is 5.26 Å². The first-order valence-electron chi connectivity index (χ1n) is 3.43. The molecule has 1 aliphatic rings. The fourth-order valence-electron chi connectivity index (χ4n) is 1.14. The number of allylic oxidation sites excluding steroid dienone is 1. The Balaban J connectivity index is 2.56. The topological polar surface area (TPSA) is 61.1 Å². The molecular formula is C7H10NO2P. The van der Waals surface area contributed by atoms with Gasteiger partial charge in [0.15, 0.2) is 0 Å². The van der Waals surface area contributed by atoms with Gasteiger partial charge in [0, 0.05) is 5.66 Å². The third kappa shape index (κ3) is 1.71. The minimum Gasteiger partial charge on any atom is -0.343 e. The Morgan fingerprint density at radius 1 is 1.91 bits per heavy atom. The smallest absolute Gasteiger partial charge is 0.217 e. The zero-order valence-electron chi connectivity index (χ0n) is 6.10. The van der Waals surface area contributed by atoms with Crippen molar-refractivity contribution in [1.82, 2.24) is 0 Å². The van der Waals surface area contributed by atoms with Crippen LogP contribution in [0, 0.1) is 17.2 Å². The van der Waals surface area contributed by atoms with Crippen molar-refractivity contribution in [2.24, 2.45) is 5.92 Å². The lowest BCUT2D eigenvalue weighted by atomic mass is 10.4. The van der Waals surface area contributed by atoms with E-state index in [4.69, 9.17) is 5.26 Å². The zero-order chi connectivity index (χ0) is 8.48. The molecule has 1 N–H and O–H groups in total. The van der Waals surface area contributed by atoms with Crippen LogP contribution in [0.1, 0.15) is 6.42 Å². The van der Waals surface area contributed by atoms with Crippen molar-refractivity contribution in [3.63, 3.8) is 0 Å². The van der Waals surface area contributed by atoms with Gasteiger partial charge in [-0.05, 0) is 12.3 Å². The average molecular weight is 171 g/mol. The summed E-state index contributed by atoms with van der Waals surface area (Å²) < 4.78 is 11.2. The second-order valence-corrected chi connectivity index (χ2v) is 5.27. The van der Waals surface area contributed by atoms with E-state index in [0.717, 1.165) is 6.42 Å². The van der Waals surface area contributed by atoms with Crippen LogP contribution in [0.2, 0.25) is 0 Å². The summed E-state index contributed by atoms with van der Waals surface area (Å²) in [6.07, 6.45) is 2.19. The highest BCUT2D eigenvalue weighted by Crippen LogP contribution is 2.60. The molecule has 1 saturated carbocycles. The molecule has 0 radical (unpaired) electrons. The maximum atomic E-state index is 11.2. The summed E-state index contributed by atoms with van der Waals surface area (Å²) in [5.41, 5.74) is -0.181. The zero-order valence-corrected chi connectivity index (χ0v) is 7.00. The van der Waals surface area contributed by atoms with E-state index in [0.29, 0.717) is 0 Å². The molecule has 0 heterocycles. The minimum absolute atomic E-state index is 0.166. The van der Waals surface area contributed by atoms with Crippen LogP contribution in [-0.2, 0) is 4.57 Å². The standard InChI is InChI=1S/C7H10NO2P/c1-2-6-5-7(6)11(9,10)4-3-8/h2,6-7H,1,4-5H2,(H,9,10)/t6-,7+/m1/s1. The maximum absolute atomic E-state index is 11.2. The molecule has 0 aliphatic heterocycles. The van der Waals surface area contributed by atoms with E-state index >= 15 is 0 Å². The van der Waals surface area contributed by atoms with Gasteiger partial charge in [0.05, 0.1) is 6.07 Å². The number of nitriles is 1. The van der Waals surface area contributed by atoms with Gasteiger partial charge >= 0.3 is 0 Å². The van der Waals surface area contributed by atoms with E-state index in [9.17, 15) is 9.46 Å². The van der Waals surface area contributed by atoms with Crippen LogP contribution in [-0.4, -0.2) is 16.7 Å². The van der Waals surface area contributed by atoms with Crippen molar-refractivity contribution in [3.8, 4) is 6.07 Å². The summed E-state index contributed by atoms with van der Waals surface area (Å²) in [5.74, 6) is 0.166. The van der Waals surface area contributed by atoms with Crippen LogP contribution < -0.4 is 0 Å². The second-order valence-electron chi connectivity index (χ2n) is 2.77. The van der Waals surface area contributed by atoms with Gasteiger partial charge in [-0.25, -0.2) is 0 Å². The quantitative estimate of drug-likeness (QED) is 0.515. The summed E-state index contributed by atoms with van der Waals surface area (Å²) in [5, 5.41) is 8.23. The molecule has 0 aromatic heterocycles. The van der Waals surface area contributed by atoms with E-state index < -0.39 is 7.37 Å². The summed E-state index contributed by atoms with van der Waals surface area (Å²) >= 11 is 0. The SMILES string of the molecule is C=C[C@@H]1C[C@@H]1P(=O)(O)CC#N. The van der Waals surface area contributed by atoms with Crippen molar-refractivity contribution in [2.75, 3.05) is 6.16 Å². The van der Waals surface area contributed by atoms with E-state index in [-0.39, 0.29) is 17.7 Å². The average Bonchev–Trinajstić information content (AvgIpc) is 2.65. The predicted octanol–water partition coefficient (Wildman–Crippen LogP) is 1.35. The molecule has 3 nitrogen and oxygen atoms in total. The number of rotatable bonds is 3. The highest BCUT2D eigenvalue weighted by Gasteiger charge is 2.47. The fourth-order valence-corrected chi connectivity index (χ4v) is 2.87. The molecule has 1 unspecified atom stereocenters. The second kappa shape index (κ2) is 2.81. The largest absolute Gasteiger partial charge is 0.343 e. The number of nitrogens with zero attached hydrogens (tertiary/aromatic N) is 1. The third-order valence-electron chi connectivity index (χ3n) is 1.92. The molecule has 1 rings (SSSR count). The lowest BCUT2D eigenvalue weighted by Gasteiger charge is -2.03. The molecule has 0 aromatic carbocycles. The van der Waals surface area contributed by atoms with Gasteiger partial charge in [0.1, 0.15) is 6.16 Å². The first-order chi connectivity index (χ1) is 5.11. The van der Waals surface area contributed by atoms with Crippen LogP contribution >= 0.6 is 7.37 Å². The third-order valence-corrected chi connectivity index (χ3v) is 4.15. The van der Waals surface area contributed by atoms with Gasteiger partial charge in [-0.1, -0.05) is 6.08 Å². The maximum Gasteiger partial charge on any atom is 0.217 e. The Kier molecular flexibility index (Phi) is 2.17.